The number of methoxy groups -OCH3 is 1. The Kier molecular flexibility index (Phi) is 3.21. The van der Waals surface area contributed by atoms with Crippen molar-refractivity contribution in [3.8, 4) is 6.01 Å². The van der Waals surface area contributed by atoms with E-state index in [4.69, 9.17) is 4.74 Å². The molecule has 2 rings (SSSR count). The minimum atomic E-state index is 0.561. The number of rotatable bonds is 3. The Balaban J connectivity index is 2.61. The summed E-state index contributed by atoms with van der Waals surface area (Å²) in [5.74, 6) is 0.948. The van der Waals surface area contributed by atoms with Crippen LogP contribution in [0.5, 0.6) is 6.01 Å². The summed E-state index contributed by atoms with van der Waals surface area (Å²) in [6.07, 6.45) is 2.08. The number of thioether (sulfide) groups is 1. The monoisotopic (exact) mass is 286 g/mol. The van der Waals surface area contributed by atoms with E-state index >= 15 is 0 Å². The van der Waals surface area contributed by atoms with Crippen LogP contribution in [0.4, 0.5) is 0 Å². The first-order chi connectivity index (χ1) is 7.24. The summed E-state index contributed by atoms with van der Waals surface area (Å²) < 4.78 is 6.14. The predicted molar refractivity (Wildman–Crippen MR) is 67.6 cm³/mol. The van der Waals surface area contributed by atoms with Crippen LogP contribution in [-0.2, 0) is 5.75 Å². The van der Waals surface area contributed by atoms with Gasteiger partial charge < -0.3 is 9.72 Å². The Labute approximate surface area is 101 Å². The van der Waals surface area contributed by atoms with Crippen molar-refractivity contribution >= 4 is 38.7 Å². The third-order valence-corrected chi connectivity index (χ3v) is 3.16. The molecule has 1 N–H and O–H groups in total. The molecule has 5 heteroatoms. The molecule has 0 radical (unpaired) electrons. The van der Waals surface area contributed by atoms with Gasteiger partial charge in [-0.05, 0) is 24.0 Å². The summed E-state index contributed by atoms with van der Waals surface area (Å²) in [4.78, 5) is 7.49. The van der Waals surface area contributed by atoms with Crippen LogP contribution in [0.25, 0.3) is 11.0 Å². The number of benzene rings is 1. The highest BCUT2D eigenvalue weighted by atomic mass is 79.9. The van der Waals surface area contributed by atoms with Crippen LogP contribution in [0, 0.1) is 0 Å². The average Bonchev–Trinajstić information content (AvgIpc) is 2.61. The van der Waals surface area contributed by atoms with E-state index in [0.717, 1.165) is 21.3 Å². The number of aromatic amines is 1. The molecule has 15 heavy (non-hydrogen) atoms. The summed E-state index contributed by atoms with van der Waals surface area (Å²) in [5.41, 5.74) is 3.21. The van der Waals surface area contributed by atoms with Gasteiger partial charge in [-0.1, -0.05) is 15.9 Å². The first kappa shape index (κ1) is 10.8. The van der Waals surface area contributed by atoms with Crippen molar-refractivity contribution in [2.75, 3.05) is 13.4 Å². The Morgan fingerprint density at radius 1 is 1.53 bits per heavy atom. The molecule has 0 atom stereocenters. The number of H-pyrrole nitrogens is 1. The molecule has 1 aromatic carbocycles. The number of imidazole rings is 1. The van der Waals surface area contributed by atoms with Gasteiger partial charge in [0.25, 0.3) is 6.01 Å². The van der Waals surface area contributed by atoms with Crippen molar-refractivity contribution in [1.82, 2.24) is 9.97 Å². The number of ether oxygens (including phenoxy) is 1. The fourth-order valence-electron chi connectivity index (χ4n) is 1.49. The number of aromatic nitrogens is 2. The quantitative estimate of drug-likeness (QED) is 0.942. The molecule has 0 spiro atoms. The first-order valence-corrected chi connectivity index (χ1v) is 6.64. The molecule has 3 nitrogen and oxygen atoms in total. The summed E-state index contributed by atoms with van der Waals surface area (Å²) in [6, 6.07) is 4.67. The number of halogens is 1. The van der Waals surface area contributed by atoms with Crippen LogP contribution in [0.3, 0.4) is 0 Å². The lowest BCUT2D eigenvalue weighted by Crippen LogP contribution is -1.84. The highest BCUT2D eigenvalue weighted by molar-refractivity contribution is 9.10. The maximum atomic E-state index is 5.08. The number of nitrogens with one attached hydrogen (secondary N) is 1. The van der Waals surface area contributed by atoms with Crippen molar-refractivity contribution in [2.24, 2.45) is 0 Å². The lowest BCUT2D eigenvalue weighted by Gasteiger charge is -2.00. The van der Waals surface area contributed by atoms with Crippen LogP contribution in [0.1, 0.15) is 5.56 Å². The molecule has 0 unspecified atom stereocenters. The maximum absolute atomic E-state index is 5.08. The van der Waals surface area contributed by atoms with Gasteiger partial charge in [-0.25, -0.2) is 0 Å². The topological polar surface area (TPSA) is 37.9 Å². The number of nitrogens with zero attached hydrogens (tertiary/aromatic N) is 1. The van der Waals surface area contributed by atoms with Crippen LogP contribution in [0.2, 0.25) is 0 Å². The normalized spacial score (nSPS) is 10.9. The standard InChI is InChI=1S/C10H11BrN2OS/c1-14-10-12-8-4-7(11)3-6(5-15-2)9(8)13-10/h3-4H,5H2,1-2H3,(H,12,13). The Bertz CT molecular complexity index is 483. The minimum Gasteiger partial charge on any atom is -0.468 e. The van der Waals surface area contributed by atoms with Gasteiger partial charge in [0.1, 0.15) is 0 Å². The smallest absolute Gasteiger partial charge is 0.294 e. The molecule has 0 saturated heterocycles. The van der Waals surface area contributed by atoms with Gasteiger partial charge in [0.2, 0.25) is 0 Å². The molecule has 1 heterocycles. The average molecular weight is 287 g/mol. The molecule has 0 saturated carbocycles. The molecular weight excluding hydrogens is 276 g/mol. The number of hydrogen-bond acceptors (Lipinski definition) is 3. The molecule has 80 valence electrons. The zero-order valence-electron chi connectivity index (χ0n) is 8.50. The lowest BCUT2D eigenvalue weighted by atomic mass is 10.2. The third kappa shape index (κ3) is 2.13. The third-order valence-electron chi connectivity index (χ3n) is 2.10. The van der Waals surface area contributed by atoms with Gasteiger partial charge in [0, 0.05) is 10.2 Å². The van der Waals surface area contributed by atoms with E-state index in [2.05, 4.69) is 38.2 Å². The molecule has 0 bridgehead atoms. The molecule has 0 fully saturated rings. The molecule has 2 aromatic rings. The van der Waals surface area contributed by atoms with Gasteiger partial charge >= 0.3 is 0 Å². The Morgan fingerprint density at radius 3 is 3.00 bits per heavy atom. The van der Waals surface area contributed by atoms with E-state index in [-0.39, 0.29) is 0 Å². The maximum Gasteiger partial charge on any atom is 0.294 e. The van der Waals surface area contributed by atoms with E-state index in [1.807, 2.05) is 6.07 Å². The van der Waals surface area contributed by atoms with Crippen molar-refractivity contribution < 1.29 is 4.74 Å². The second-order valence-electron chi connectivity index (χ2n) is 3.14. The molecule has 1 aromatic heterocycles. The highest BCUT2D eigenvalue weighted by Gasteiger charge is 2.08. The second-order valence-corrected chi connectivity index (χ2v) is 4.92. The first-order valence-electron chi connectivity index (χ1n) is 4.45. The SMILES string of the molecule is COc1nc2c(CSC)cc(Br)cc2[nH]1. The van der Waals surface area contributed by atoms with Gasteiger partial charge in [-0.15, -0.1) is 0 Å². The molecule has 0 aliphatic rings. The Morgan fingerprint density at radius 2 is 2.33 bits per heavy atom. The summed E-state index contributed by atoms with van der Waals surface area (Å²) in [5, 5.41) is 0. The van der Waals surface area contributed by atoms with E-state index in [0.29, 0.717) is 6.01 Å². The van der Waals surface area contributed by atoms with Crippen LogP contribution in [0.15, 0.2) is 16.6 Å². The zero-order chi connectivity index (χ0) is 10.8. The summed E-state index contributed by atoms with van der Waals surface area (Å²) in [6.45, 7) is 0. The van der Waals surface area contributed by atoms with Crippen LogP contribution >= 0.6 is 27.7 Å². The number of hydrogen-bond donors (Lipinski definition) is 1. The summed E-state index contributed by atoms with van der Waals surface area (Å²) in [7, 11) is 1.61. The van der Waals surface area contributed by atoms with Crippen molar-refractivity contribution in [1.29, 1.82) is 0 Å². The molecule has 0 amide bonds. The van der Waals surface area contributed by atoms with E-state index in [1.54, 1.807) is 18.9 Å². The van der Waals surface area contributed by atoms with E-state index < -0.39 is 0 Å². The molecule has 0 aliphatic heterocycles. The second kappa shape index (κ2) is 4.45. The van der Waals surface area contributed by atoms with Crippen molar-refractivity contribution in [3.05, 3.63) is 22.2 Å². The van der Waals surface area contributed by atoms with Crippen LogP contribution < -0.4 is 4.74 Å². The van der Waals surface area contributed by atoms with E-state index in [1.165, 1.54) is 5.56 Å². The number of fused-ring (bicyclic) bond motifs is 1. The fourth-order valence-corrected chi connectivity index (χ4v) is 2.53. The van der Waals surface area contributed by atoms with Crippen LogP contribution in [-0.4, -0.2) is 23.3 Å². The fraction of sp³-hybridized carbons (Fsp3) is 0.300. The Hall–Kier alpha value is -0.680. The van der Waals surface area contributed by atoms with Crippen molar-refractivity contribution in [2.45, 2.75) is 5.75 Å². The van der Waals surface area contributed by atoms with Gasteiger partial charge in [0.15, 0.2) is 0 Å². The highest BCUT2D eigenvalue weighted by Crippen LogP contribution is 2.26. The minimum absolute atomic E-state index is 0.561. The van der Waals surface area contributed by atoms with Crippen molar-refractivity contribution in [3.63, 3.8) is 0 Å². The largest absolute Gasteiger partial charge is 0.468 e. The van der Waals surface area contributed by atoms with Gasteiger partial charge in [-0.2, -0.15) is 16.7 Å². The van der Waals surface area contributed by atoms with E-state index in [9.17, 15) is 0 Å². The van der Waals surface area contributed by atoms with Gasteiger partial charge in [0.05, 0.1) is 18.1 Å². The van der Waals surface area contributed by atoms with Gasteiger partial charge in [-0.3, -0.25) is 0 Å². The molecular formula is C10H11BrN2OS. The lowest BCUT2D eigenvalue weighted by molar-refractivity contribution is 0.386. The molecule has 0 aliphatic carbocycles. The summed E-state index contributed by atoms with van der Waals surface area (Å²) >= 11 is 5.27. The zero-order valence-corrected chi connectivity index (χ0v) is 10.9. The predicted octanol–water partition coefficient (Wildman–Crippen LogP) is 3.20.